The average Bonchev–Trinajstić information content (AvgIpc) is 2.42. The lowest BCUT2D eigenvalue weighted by Gasteiger charge is -2.28. The Hall–Kier alpha value is -1.02. The van der Waals surface area contributed by atoms with E-state index < -0.39 is 8.80 Å². The Morgan fingerprint density at radius 1 is 1.00 bits per heavy atom. The normalized spacial score (nSPS) is 11.8. The van der Waals surface area contributed by atoms with Crippen LogP contribution in [-0.2, 0) is 22.9 Å². The number of nitrogens with one attached hydrogen (secondary N) is 1. The summed E-state index contributed by atoms with van der Waals surface area (Å²) in [7, 11) is -2.63. The van der Waals surface area contributed by atoms with Crippen LogP contribution in [-0.4, -0.2) is 46.9 Å². The van der Waals surface area contributed by atoms with Crippen molar-refractivity contribution in [1.82, 2.24) is 5.32 Å². The minimum absolute atomic E-state index is 0.152. The van der Waals surface area contributed by atoms with E-state index in [9.17, 15) is 9.59 Å². The van der Waals surface area contributed by atoms with E-state index in [0.29, 0.717) is 38.8 Å². The predicted molar refractivity (Wildman–Crippen MR) is 82.9 cm³/mol. The molecule has 1 N–H and O–H groups in total. The Kier molecular flexibility index (Phi) is 11.1. The third kappa shape index (κ3) is 9.51. The number of carbonyl (C=O) groups is 2. The second-order valence-electron chi connectivity index (χ2n) is 4.32. The molecule has 1 amide bonds. The first-order valence-corrected chi connectivity index (χ1v) is 9.31. The van der Waals surface area contributed by atoms with Gasteiger partial charge >= 0.3 is 8.80 Å². The first-order valence-electron chi connectivity index (χ1n) is 7.38. The molecular weight excluding hydrogens is 290 g/mol. The molecule has 6 nitrogen and oxygen atoms in total. The summed E-state index contributed by atoms with van der Waals surface area (Å²) in [5.74, 6) is -0.428. The van der Waals surface area contributed by atoms with E-state index in [4.69, 9.17) is 13.3 Å². The Morgan fingerprint density at radius 3 is 1.95 bits per heavy atom. The van der Waals surface area contributed by atoms with Crippen LogP contribution < -0.4 is 5.32 Å². The van der Waals surface area contributed by atoms with Crippen LogP contribution in [0.5, 0.6) is 0 Å². The van der Waals surface area contributed by atoms with E-state index in [0.717, 1.165) is 0 Å². The Bertz CT molecular complexity index is 329. The Labute approximate surface area is 128 Å². The van der Waals surface area contributed by atoms with Gasteiger partial charge in [0.15, 0.2) is 5.78 Å². The van der Waals surface area contributed by atoms with Crippen LogP contribution in [0.2, 0.25) is 6.04 Å². The second kappa shape index (κ2) is 11.6. The molecule has 0 aromatic heterocycles. The van der Waals surface area contributed by atoms with Crippen LogP contribution in [0.25, 0.3) is 0 Å². The molecule has 0 aromatic rings. The maximum absolute atomic E-state index is 11.4. The van der Waals surface area contributed by atoms with Gasteiger partial charge < -0.3 is 18.6 Å². The van der Waals surface area contributed by atoms with E-state index in [1.807, 2.05) is 20.8 Å². The molecule has 0 spiro atoms. The molecule has 7 heteroatoms. The van der Waals surface area contributed by atoms with E-state index in [1.165, 1.54) is 19.1 Å². The van der Waals surface area contributed by atoms with Gasteiger partial charge in [-0.15, -0.1) is 0 Å². The van der Waals surface area contributed by atoms with Crippen molar-refractivity contribution >= 4 is 20.5 Å². The maximum atomic E-state index is 11.4. The van der Waals surface area contributed by atoms with Crippen LogP contribution >= 0.6 is 0 Å². The monoisotopic (exact) mass is 317 g/mol. The summed E-state index contributed by atoms with van der Waals surface area (Å²) < 4.78 is 17.2. The van der Waals surface area contributed by atoms with Crippen LogP contribution in [0.4, 0.5) is 0 Å². The summed E-state index contributed by atoms with van der Waals surface area (Å²) in [5.41, 5.74) is 0. The van der Waals surface area contributed by atoms with Gasteiger partial charge in [0.05, 0.1) is 0 Å². The first-order chi connectivity index (χ1) is 9.99. The molecular formula is C14H27NO5Si. The number of amides is 1. The molecule has 0 aromatic carbocycles. The lowest BCUT2D eigenvalue weighted by molar-refractivity contribution is -0.117. The van der Waals surface area contributed by atoms with Crippen LogP contribution in [0, 0.1) is 0 Å². The quantitative estimate of drug-likeness (QED) is 0.337. The number of carbonyl (C=O) groups excluding carboxylic acids is 2. The van der Waals surface area contributed by atoms with E-state index in [2.05, 4.69) is 5.32 Å². The highest BCUT2D eigenvalue weighted by molar-refractivity contribution is 6.60. The molecule has 0 saturated heterocycles. The molecule has 0 radical (unpaired) electrons. The van der Waals surface area contributed by atoms with Gasteiger partial charge in [0.1, 0.15) is 0 Å². The van der Waals surface area contributed by atoms with Gasteiger partial charge in [-0.1, -0.05) is 0 Å². The molecule has 21 heavy (non-hydrogen) atoms. The van der Waals surface area contributed by atoms with Crippen molar-refractivity contribution in [1.29, 1.82) is 0 Å². The number of allylic oxidation sites excluding steroid dienone is 1. The zero-order valence-corrected chi connectivity index (χ0v) is 14.4. The van der Waals surface area contributed by atoms with Gasteiger partial charge in [-0.25, -0.2) is 0 Å². The average molecular weight is 317 g/mol. The van der Waals surface area contributed by atoms with Gasteiger partial charge in [0.2, 0.25) is 5.91 Å². The minimum Gasteiger partial charge on any atom is -0.374 e. The maximum Gasteiger partial charge on any atom is 0.500 e. The van der Waals surface area contributed by atoms with Gasteiger partial charge in [0.25, 0.3) is 0 Å². The van der Waals surface area contributed by atoms with E-state index in [-0.39, 0.29) is 11.7 Å². The summed E-state index contributed by atoms with van der Waals surface area (Å²) in [4.78, 5) is 22.1. The molecule has 0 fully saturated rings. The topological polar surface area (TPSA) is 73.9 Å². The highest BCUT2D eigenvalue weighted by Gasteiger charge is 2.39. The second-order valence-corrected chi connectivity index (χ2v) is 7.05. The number of rotatable bonds is 12. The van der Waals surface area contributed by atoms with Crippen LogP contribution in [0.3, 0.4) is 0 Å². The van der Waals surface area contributed by atoms with Crippen molar-refractivity contribution in [3.63, 3.8) is 0 Å². The van der Waals surface area contributed by atoms with Crippen molar-refractivity contribution in [3.05, 3.63) is 12.2 Å². The summed E-state index contributed by atoms with van der Waals surface area (Å²) in [6, 6.07) is 0.652. The van der Waals surface area contributed by atoms with Gasteiger partial charge in [0, 0.05) is 38.5 Å². The fourth-order valence-corrected chi connectivity index (χ4v) is 4.38. The molecule has 0 aliphatic carbocycles. The lowest BCUT2D eigenvalue weighted by atomic mass is 10.3. The van der Waals surface area contributed by atoms with Crippen molar-refractivity contribution in [2.45, 2.75) is 40.2 Å². The SMILES string of the molecule is CCO[Si](CCCNC(=O)/C=C/C(C)=O)(OCC)OCC. The molecule has 0 atom stereocenters. The van der Waals surface area contributed by atoms with Crippen molar-refractivity contribution < 1.29 is 22.9 Å². The molecule has 0 saturated carbocycles. The first kappa shape index (κ1) is 20.0. The fourth-order valence-electron chi connectivity index (χ4n) is 1.77. The summed E-state index contributed by atoms with van der Waals surface area (Å²) >= 11 is 0. The molecule has 0 bridgehead atoms. The summed E-state index contributed by atoms with van der Waals surface area (Å²) in [5, 5.41) is 2.71. The van der Waals surface area contributed by atoms with Gasteiger partial charge in [-0.2, -0.15) is 0 Å². The molecule has 0 rings (SSSR count). The third-order valence-corrected chi connectivity index (χ3v) is 5.67. The van der Waals surface area contributed by atoms with Crippen molar-refractivity contribution in [2.24, 2.45) is 0 Å². The fraction of sp³-hybridized carbons (Fsp3) is 0.714. The summed E-state index contributed by atoms with van der Waals surface area (Å²) in [6.07, 6.45) is 3.18. The molecule has 0 aliphatic heterocycles. The largest absolute Gasteiger partial charge is 0.500 e. The van der Waals surface area contributed by atoms with Crippen molar-refractivity contribution in [3.8, 4) is 0 Å². The van der Waals surface area contributed by atoms with Crippen LogP contribution in [0.15, 0.2) is 12.2 Å². The third-order valence-electron chi connectivity index (χ3n) is 2.52. The highest BCUT2D eigenvalue weighted by Crippen LogP contribution is 2.17. The molecule has 0 heterocycles. The van der Waals surface area contributed by atoms with E-state index in [1.54, 1.807) is 0 Å². The smallest absolute Gasteiger partial charge is 0.374 e. The van der Waals surface area contributed by atoms with Gasteiger partial charge in [-0.05, 0) is 40.2 Å². The molecule has 122 valence electrons. The Morgan fingerprint density at radius 2 is 1.52 bits per heavy atom. The Balaban J connectivity index is 4.23. The number of hydrogen-bond donors (Lipinski definition) is 1. The van der Waals surface area contributed by atoms with Crippen molar-refractivity contribution in [2.75, 3.05) is 26.4 Å². The zero-order chi connectivity index (χ0) is 16.1. The van der Waals surface area contributed by atoms with E-state index >= 15 is 0 Å². The van der Waals surface area contributed by atoms with Crippen LogP contribution in [0.1, 0.15) is 34.1 Å². The zero-order valence-electron chi connectivity index (χ0n) is 13.4. The molecule has 0 unspecified atom stereocenters. The molecule has 0 aliphatic rings. The number of hydrogen-bond acceptors (Lipinski definition) is 5. The lowest BCUT2D eigenvalue weighted by Crippen LogP contribution is -2.46. The number of ketones is 1. The predicted octanol–water partition coefficient (Wildman–Crippen LogP) is 1.69. The summed E-state index contributed by atoms with van der Waals surface area (Å²) in [6.45, 7) is 9.25. The standard InChI is InChI=1S/C14H27NO5Si/c1-5-18-21(19-6-2,20-7-3)12-8-11-15-14(17)10-9-13(4)16/h9-10H,5-8,11-12H2,1-4H3,(H,15,17)/b10-9+. The minimum atomic E-state index is -2.63. The van der Waals surface area contributed by atoms with Gasteiger partial charge in [-0.3, -0.25) is 9.59 Å². The highest BCUT2D eigenvalue weighted by atomic mass is 28.4.